The van der Waals surface area contributed by atoms with Crippen LogP contribution >= 0.6 is 0 Å². The summed E-state index contributed by atoms with van der Waals surface area (Å²) in [4.78, 5) is 0. The fourth-order valence-electron chi connectivity index (χ4n) is 1.46. The maximum absolute atomic E-state index is 2.26. The maximum atomic E-state index is 2.26. The number of fused-ring (bicyclic) bond motifs is 1. The lowest BCUT2D eigenvalue weighted by atomic mass is 10.1. The van der Waals surface area contributed by atoms with E-state index >= 15 is 0 Å². The van der Waals surface area contributed by atoms with Gasteiger partial charge in [-0.2, -0.15) is 0 Å². The highest BCUT2D eigenvalue weighted by Gasteiger charge is 1.92. The molecule has 2 rings (SSSR count). The summed E-state index contributed by atoms with van der Waals surface area (Å²) in [5.41, 5.74) is 1.41. The molecule has 0 saturated carbocycles. The summed E-state index contributed by atoms with van der Waals surface area (Å²) in [6, 6.07) is 15.1. The predicted octanol–water partition coefficient (Wildman–Crippen LogP) is 5.06. The Balaban J connectivity index is 0.000000617. The van der Waals surface area contributed by atoms with Crippen molar-refractivity contribution in [3.8, 4) is 0 Å². The standard InChI is InChI=1S/C12H12.C2H6.CH4/c1-2-10-7-8-11-5-3-4-6-12(11)9-10;1-2;/h3-9H,2H2,1H3;1-2H3;1H4. The Bertz CT molecular complexity index is 388. The Morgan fingerprint density at radius 1 is 0.867 bits per heavy atom. The highest BCUT2D eigenvalue weighted by atomic mass is 14.0. The van der Waals surface area contributed by atoms with Crippen LogP contribution in [0.4, 0.5) is 0 Å². The Morgan fingerprint density at radius 2 is 1.47 bits per heavy atom. The van der Waals surface area contributed by atoms with Gasteiger partial charge in [-0.25, -0.2) is 0 Å². The second kappa shape index (κ2) is 7.05. The third-order valence-corrected chi connectivity index (χ3v) is 2.22. The van der Waals surface area contributed by atoms with Crippen LogP contribution in [-0.4, -0.2) is 0 Å². The average Bonchev–Trinajstić information content (AvgIpc) is 2.31. The van der Waals surface area contributed by atoms with Gasteiger partial charge >= 0.3 is 0 Å². The van der Waals surface area contributed by atoms with Crippen molar-refractivity contribution in [2.45, 2.75) is 34.6 Å². The van der Waals surface area contributed by atoms with Crippen molar-refractivity contribution in [1.82, 2.24) is 0 Å². The van der Waals surface area contributed by atoms with Gasteiger partial charge in [0.15, 0.2) is 0 Å². The minimum Gasteiger partial charge on any atom is -0.0776 e. The van der Waals surface area contributed by atoms with Crippen LogP contribution < -0.4 is 0 Å². The molecule has 0 atom stereocenters. The van der Waals surface area contributed by atoms with Crippen molar-refractivity contribution in [2.24, 2.45) is 0 Å². The molecular formula is C15H22. The predicted molar refractivity (Wildman–Crippen MR) is 71.4 cm³/mol. The van der Waals surface area contributed by atoms with E-state index in [-0.39, 0.29) is 7.43 Å². The summed E-state index contributed by atoms with van der Waals surface area (Å²) >= 11 is 0. The van der Waals surface area contributed by atoms with Crippen molar-refractivity contribution < 1.29 is 0 Å². The van der Waals surface area contributed by atoms with Crippen molar-refractivity contribution in [1.29, 1.82) is 0 Å². The first-order chi connectivity index (χ1) is 6.90. The van der Waals surface area contributed by atoms with Gasteiger partial charge in [0.05, 0.1) is 0 Å². The zero-order valence-corrected chi connectivity index (χ0v) is 9.25. The van der Waals surface area contributed by atoms with Crippen molar-refractivity contribution in [3.05, 3.63) is 48.0 Å². The molecule has 0 radical (unpaired) electrons. The minimum atomic E-state index is 0. The third-order valence-electron chi connectivity index (χ3n) is 2.22. The highest BCUT2D eigenvalue weighted by molar-refractivity contribution is 5.82. The van der Waals surface area contributed by atoms with E-state index in [9.17, 15) is 0 Å². The molecule has 2 aromatic carbocycles. The van der Waals surface area contributed by atoms with Crippen LogP contribution in [0.5, 0.6) is 0 Å². The molecular weight excluding hydrogens is 180 g/mol. The Morgan fingerprint density at radius 3 is 2.07 bits per heavy atom. The summed E-state index contributed by atoms with van der Waals surface area (Å²) in [5.74, 6) is 0. The first-order valence-corrected chi connectivity index (χ1v) is 5.38. The zero-order valence-electron chi connectivity index (χ0n) is 9.25. The first-order valence-electron chi connectivity index (χ1n) is 5.38. The van der Waals surface area contributed by atoms with E-state index in [1.807, 2.05) is 13.8 Å². The molecule has 82 valence electrons. The van der Waals surface area contributed by atoms with Gasteiger partial charge in [-0.1, -0.05) is 70.7 Å². The highest BCUT2D eigenvalue weighted by Crippen LogP contribution is 2.15. The number of benzene rings is 2. The van der Waals surface area contributed by atoms with Crippen molar-refractivity contribution in [3.63, 3.8) is 0 Å². The van der Waals surface area contributed by atoms with E-state index < -0.39 is 0 Å². The van der Waals surface area contributed by atoms with Gasteiger partial charge < -0.3 is 0 Å². The molecule has 0 N–H and O–H groups in total. The van der Waals surface area contributed by atoms with Crippen LogP contribution in [-0.2, 0) is 6.42 Å². The van der Waals surface area contributed by atoms with E-state index in [0.29, 0.717) is 0 Å². The van der Waals surface area contributed by atoms with E-state index in [1.54, 1.807) is 0 Å². The smallest absolute Gasteiger partial charge is 0.0181 e. The molecule has 0 aromatic heterocycles. The van der Waals surface area contributed by atoms with Crippen LogP contribution in [0, 0.1) is 0 Å². The monoisotopic (exact) mass is 202 g/mol. The lowest BCUT2D eigenvalue weighted by Gasteiger charge is -1.99. The van der Waals surface area contributed by atoms with E-state index in [0.717, 1.165) is 6.42 Å². The SMILES string of the molecule is C.CC.CCc1ccc2ccccc2c1. The lowest BCUT2D eigenvalue weighted by Crippen LogP contribution is -1.79. The van der Waals surface area contributed by atoms with E-state index in [2.05, 4.69) is 49.4 Å². The quantitative estimate of drug-likeness (QED) is 0.606. The molecule has 0 unspecified atom stereocenters. The zero-order chi connectivity index (χ0) is 10.4. The first kappa shape index (κ1) is 13.7. The Hall–Kier alpha value is -1.30. The van der Waals surface area contributed by atoms with E-state index in [4.69, 9.17) is 0 Å². The van der Waals surface area contributed by atoms with Crippen molar-refractivity contribution in [2.75, 3.05) is 0 Å². The van der Waals surface area contributed by atoms with Crippen LogP contribution in [0.1, 0.15) is 33.8 Å². The number of rotatable bonds is 1. The van der Waals surface area contributed by atoms with E-state index in [1.165, 1.54) is 16.3 Å². The molecule has 0 aliphatic heterocycles. The summed E-state index contributed by atoms with van der Waals surface area (Å²) in [5, 5.41) is 2.67. The Kier molecular flexibility index (Phi) is 6.44. The van der Waals surface area contributed by atoms with Gasteiger partial charge in [0.25, 0.3) is 0 Å². The molecule has 0 heteroatoms. The van der Waals surface area contributed by atoms with Gasteiger partial charge in [0, 0.05) is 0 Å². The summed E-state index contributed by atoms with van der Waals surface area (Å²) in [6.45, 7) is 6.18. The van der Waals surface area contributed by atoms with Gasteiger partial charge in [-0.15, -0.1) is 0 Å². The average molecular weight is 202 g/mol. The fraction of sp³-hybridized carbons (Fsp3) is 0.333. The molecule has 0 heterocycles. The molecule has 2 aromatic rings. The van der Waals surface area contributed by atoms with Crippen LogP contribution in [0.25, 0.3) is 10.8 Å². The second-order valence-electron chi connectivity index (χ2n) is 3.04. The molecule has 0 amide bonds. The summed E-state index contributed by atoms with van der Waals surface area (Å²) in [7, 11) is 0. The molecule has 0 aliphatic rings. The van der Waals surface area contributed by atoms with Crippen molar-refractivity contribution >= 4 is 10.8 Å². The van der Waals surface area contributed by atoms with Gasteiger partial charge in [0.1, 0.15) is 0 Å². The second-order valence-corrected chi connectivity index (χ2v) is 3.04. The molecule has 0 spiro atoms. The summed E-state index contributed by atoms with van der Waals surface area (Å²) < 4.78 is 0. The Labute approximate surface area is 93.9 Å². The molecule has 0 bridgehead atoms. The number of hydrogen-bond acceptors (Lipinski definition) is 0. The van der Waals surface area contributed by atoms with Gasteiger partial charge in [-0.05, 0) is 22.8 Å². The van der Waals surface area contributed by atoms with Gasteiger partial charge in [0.2, 0.25) is 0 Å². The summed E-state index contributed by atoms with van der Waals surface area (Å²) in [6.07, 6.45) is 1.12. The molecule has 0 saturated heterocycles. The maximum Gasteiger partial charge on any atom is -0.0181 e. The fourth-order valence-corrected chi connectivity index (χ4v) is 1.46. The minimum absolute atomic E-state index is 0. The normalized spacial score (nSPS) is 8.73. The molecule has 0 aliphatic carbocycles. The lowest BCUT2D eigenvalue weighted by molar-refractivity contribution is 1.15. The van der Waals surface area contributed by atoms with Crippen LogP contribution in [0.3, 0.4) is 0 Å². The topological polar surface area (TPSA) is 0 Å². The largest absolute Gasteiger partial charge is 0.0776 e. The van der Waals surface area contributed by atoms with Crippen LogP contribution in [0.15, 0.2) is 42.5 Å². The van der Waals surface area contributed by atoms with Gasteiger partial charge in [-0.3, -0.25) is 0 Å². The molecule has 15 heavy (non-hydrogen) atoms. The molecule has 0 fully saturated rings. The number of hydrogen-bond donors (Lipinski definition) is 0. The third kappa shape index (κ3) is 3.39. The van der Waals surface area contributed by atoms with Crippen LogP contribution in [0.2, 0.25) is 0 Å². The number of aryl methyl sites for hydroxylation is 1. The molecule has 0 nitrogen and oxygen atoms in total.